The molecule has 6 rings (SSSR count). The third-order valence-electron chi connectivity index (χ3n) is 10.7. The lowest BCUT2D eigenvalue weighted by Gasteiger charge is -2.71. The molecular weight excluding hydrogens is 456 g/mol. The van der Waals surface area contributed by atoms with E-state index in [2.05, 4.69) is 72.7 Å². The van der Waals surface area contributed by atoms with Crippen LogP contribution in [0.3, 0.4) is 0 Å². The molecule has 4 heteroatoms. The molecule has 4 bridgehead atoms. The zero-order valence-electron chi connectivity index (χ0n) is 23.5. The van der Waals surface area contributed by atoms with Crippen molar-refractivity contribution in [1.82, 2.24) is 0 Å². The van der Waals surface area contributed by atoms with Crippen LogP contribution in [0.25, 0.3) is 0 Å². The summed E-state index contributed by atoms with van der Waals surface area (Å²) in [4.78, 5) is 0. The maximum atomic E-state index is 9.23. The Kier molecular flexibility index (Phi) is 6.10. The molecule has 5 atom stereocenters. The molecule has 0 saturated heterocycles. The first-order valence-corrected chi connectivity index (χ1v) is 13.9. The topological polar surface area (TPSA) is 66.0 Å². The first-order valence-electron chi connectivity index (χ1n) is 13.9. The molecule has 5 unspecified atom stereocenters. The van der Waals surface area contributed by atoms with Crippen LogP contribution in [0.4, 0.5) is 0 Å². The summed E-state index contributed by atoms with van der Waals surface area (Å²) < 4.78 is 10.7. The average molecular weight is 497 g/mol. The molecule has 0 N–H and O–H groups in total. The van der Waals surface area contributed by atoms with Crippen molar-refractivity contribution in [2.75, 3.05) is 0 Å². The van der Waals surface area contributed by atoms with E-state index < -0.39 is 0 Å². The van der Waals surface area contributed by atoms with E-state index >= 15 is 0 Å². The molecule has 0 radical (unpaired) electrons. The van der Waals surface area contributed by atoms with E-state index in [1.54, 1.807) is 0 Å². The second-order valence-electron chi connectivity index (χ2n) is 13.0. The van der Waals surface area contributed by atoms with E-state index in [-0.39, 0.29) is 5.41 Å². The first kappa shape index (κ1) is 25.7. The Morgan fingerprint density at radius 1 is 0.838 bits per heavy atom. The molecule has 4 nitrogen and oxygen atoms in total. The van der Waals surface area contributed by atoms with Gasteiger partial charge in [-0.2, -0.15) is 0 Å². The van der Waals surface area contributed by atoms with Crippen molar-refractivity contribution in [3.05, 3.63) is 57.6 Å². The largest absolute Gasteiger partial charge is 0.387 e. The first-order chi connectivity index (χ1) is 17.5. The highest BCUT2D eigenvalue weighted by atomic mass is 16.5. The predicted molar refractivity (Wildman–Crippen MR) is 145 cm³/mol. The summed E-state index contributed by atoms with van der Waals surface area (Å²) in [5.41, 5.74) is 7.71. The SMILES string of the molecule is CCC12CC3CC(C(C)C)(C1)CC(c1cc(C)c(OC#N)c(C)c1)(C2)C3c1cc(C)c(OC#N)c(C)c1. The third kappa shape index (κ3) is 3.75. The third-order valence-corrected chi connectivity index (χ3v) is 10.7. The van der Waals surface area contributed by atoms with Crippen LogP contribution >= 0.6 is 0 Å². The van der Waals surface area contributed by atoms with Crippen LogP contribution in [-0.4, -0.2) is 0 Å². The van der Waals surface area contributed by atoms with Crippen molar-refractivity contribution >= 4 is 0 Å². The van der Waals surface area contributed by atoms with Gasteiger partial charge in [0.05, 0.1) is 0 Å². The molecule has 0 heterocycles. The summed E-state index contributed by atoms with van der Waals surface area (Å²) in [5.74, 6) is 3.06. The van der Waals surface area contributed by atoms with Gasteiger partial charge < -0.3 is 9.47 Å². The molecule has 4 saturated carbocycles. The van der Waals surface area contributed by atoms with E-state index in [0.29, 0.717) is 40.1 Å². The minimum Gasteiger partial charge on any atom is -0.387 e. The van der Waals surface area contributed by atoms with E-state index in [9.17, 15) is 10.5 Å². The highest BCUT2D eigenvalue weighted by Crippen LogP contribution is 2.76. The number of rotatable bonds is 6. The minimum atomic E-state index is 0.0247. The molecule has 37 heavy (non-hydrogen) atoms. The van der Waals surface area contributed by atoms with Gasteiger partial charge in [0.2, 0.25) is 0 Å². The lowest BCUT2D eigenvalue weighted by molar-refractivity contribution is -0.159. The molecule has 0 aliphatic heterocycles. The van der Waals surface area contributed by atoms with Crippen LogP contribution in [0.5, 0.6) is 11.5 Å². The fourth-order valence-electron chi connectivity index (χ4n) is 9.41. The molecule has 4 fully saturated rings. The van der Waals surface area contributed by atoms with Crippen LogP contribution in [0.15, 0.2) is 24.3 Å². The van der Waals surface area contributed by atoms with E-state index in [1.807, 2.05) is 12.5 Å². The minimum absolute atomic E-state index is 0.0247. The molecular formula is C33H40N2O2. The van der Waals surface area contributed by atoms with Gasteiger partial charge in [-0.15, -0.1) is 10.5 Å². The highest BCUT2D eigenvalue weighted by Gasteiger charge is 2.67. The fraction of sp³-hybridized carbons (Fsp3) is 0.576. The summed E-state index contributed by atoms with van der Waals surface area (Å²) in [6.45, 7) is 15.6. The van der Waals surface area contributed by atoms with Gasteiger partial charge in [-0.05, 0) is 122 Å². The lowest BCUT2D eigenvalue weighted by Crippen LogP contribution is -2.63. The van der Waals surface area contributed by atoms with Gasteiger partial charge >= 0.3 is 0 Å². The van der Waals surface area contributed by atoms with Gasteiger partial charge in [0.1, 0.15) is 11.5 Å². The Balaban J connectivity index is 1.76. The average Bonchev–Trinajstić information content (AvgIpc) is 2.83. The number of hydrogen-bond acceptors (Lipinski definition) is 4. The predicted octanol–water partition coefficient (Wildman–Crippen LogP) is 8.31. The van der Waals surface area contributed by atoms with Crippen molar-refractivity contribution in [2.24, 2.45) is 22.7 Å². The smallest absolute Gasteiger partial charge is 0.292 e. The van der Waals surface area contributed by atoms with Gasteiger partial charge in [0, 0.05) is 5.41 Å². The number of aryl methyl sites for hydroxylation is 4. The maximum absolute atomic E-state index is 9.23. The van der Waals surface area contributed by atoms with Crippen LogP contribution < -0.4 is 9.47 Å². The number of benzene rings is 2. The van der Waals surface area contributed by atoms with Gasteiger partial charge in [0.15, 0.2) is 0 Å². The van der Waals surface area contributed by atoms with Gasteiger partial charge in [0.25, 0.3) is 12.5 Å². The second kappa shape index (κ2) is 8.80. The number of nitrogens with zero attached hydrogens (tertiary/aromatic N) is 2. The van der Waals surface area contributed by atoms with Crippen molar-refractivity contribution in [3.8, 4) is 24.0 Å². The molecule has 0 amide bonds. The van der Waals surface area contributed by atoms with Crippen LogP contribution in [0.2, 0.25) is 0 Å². The standard InChI is InChI=1S/C33H40N2O2/c1-8-31-13-26-14-32(15-31,20(2)3)17-33(16-31,27-11-23(6)30(37-19-35)24(7)12-27)28(26)25-9-21(4)29(36-18-34)22(5)10-25/h9-12,20,26,28H,8,13-17H2,1-7H3. The van der Waals surface area contributed by atoms with Crippen LogP contribution in [0, 0.1) is 73.4 Å². The summed E-state index contributed by atoms with van der Waals surface area (Å²) in [5, 5.41) is 18.4. The number of nitriles is 2. The molecule has 2 aromatic carbocycles. The van der Waals surface area contributed by atoms with Gasteiger partial charge in [-0.3, -0.25) is 0 Å². The number of hydrogen-bond donors (Lipinski definition) is 0. The maximum Gasteiger partial charge on any atom is 0.292 e. The van der Waals surface area contributed by atoms with Crippen molar-refractivity contribution in [1.29, 1.82) is 10.5 Å². The Labute approximate surface area is 222 Å². The summed E-state index contributed by atoms with van der Waals surface area (Å²) in [7, 11) is 0. The van der Waals surface area contributed by atoms with Crippen LogP contribution in [0.1, 0.15) is 98.6 Å². The zero-order valence-corrected chi connectivity index (χ0v) is 23.5. The Morgan fingerprint density at radius 2 is 1.38 bits per heavy atom. The second-order valence-corrected chi connectivity index (χ2v) is 13.0. The molecule has 4 aliphatic carbocycles. The van der Waals surface area contributed by atoms with E-state index in [4.69, 9.17) is 9.47 Å². The molecule has 4 aliphatic rings. The summed E-state index contributed by atoms with van der Waals surface area (Å²) >= 11 is 0. The fourth-order valence-corrected chi connectivity index (χ4v) is 9.41. The van der Waals surface area contributed by atoms with Gasteiger partial charge in [-0.1, -0.05) is 51.5 Å². The quantitative estimate of drug-likeness (QED) is 0.377. The molecule has 194 valence electrons. The van der Waals surface area contributed by atoms with Crippen molar-refractivity contribution in [2.45, 2.75) is 98.3 Å². The van der Waals surface area contributed by atoms with Crippen LogP contribution in [-0.2, 0) is 5.41 Å². The number of ether oxygens (including phenoxy) is 2. The molecule has 0 spiro atoms. The Morgan fingerprint density at radius 3 is 1.86 bits per heavy atom. The zero-order chi connectivity index (χ0) is 26.8. The monoisotopic (exact) mass is 496 g/mol. The molecule has 0 aromatic heterocycles. The summed E-state index contributed by atoms with van der Waals surface area (Å²) in [6.07, 6.45) is 11.3. The lowest BCUT2D eigenvalue weighted by atomic mass is 9.33. The summed E-state index contributed by atoms with van der Waals surface area (Å²) in [6, 6.07) is 9.23. The normalized spacial score (nSPS) is 31.7. The highest BCUT2D eigenvalue weighted by molar-refractivity contribution is 5.52. The van der Waals surface area contributed by atoms with E-state index in [0.717, 1.165) is 22.3 Å². The van der Waals surface area contributed by atoms with Gasteiger partial charge in [-0.25, -0.2) is 0 Å². The van der Waals surface area contributed by atoms with Crippen molar-refractivity contribution in [3.63, 3.8) is 0 Å². The van der Waals surface area contributed by atoms with E-state index in [1.165, 1.54) is 49.7 Å². The Hall–Kier alpha value is -2.98. The Bertz CT molecular complexity index is 1280. The van der Waals surface area contributed by atoms with Crippen molar-refractivity contribution < 1.29 is 9.47 Å². The molecule has 2 aromatic rings.